The van der Waals surface area contributed by atoms with E-state index in [0.29, 0.717) is 11.1 Å². The molecular weight excluding hydrogens is 450 g/mol. The van der Waals surface area contributed by atoms with Crippen LogP contribution in [0.25, 0.3) is 22.0 Å². The van der Waals surface area contributed by atoms with E-state index in [-0.39, 0.29) is 24.0 Å². The Morgan fingerprint density at radius 1 is 1.00 bits per heavy atom. The van der Waals surface area contributed by atoms with Gasteiger partial charge in [0.25, 0.3) is 5.91 Å². The maximum absolute atomic E-state index is 13.1. The molecule has 2 aliphatic carbocycles. The number of fused-ring (bicyclic) bond motifs is 1. The lowest BCUT2D eigenvalue weighted by atomic mass is 9.99. The average molecular weight is 482 g/mol. The summed E-state index contributed by atoms with van der Waals surface area (Å²) >= 11 is 0. The first-order chi connectivity index (χ1) is 17.3. The second-order valence-corrected chi connectivity index (χ2v) is 10.4. The smallest absolute Gasteiger partial charge is 0.338 e. The fourth-order valence-electron chi connectivity index (χ4n) is 4.20. The summed E-state index contributed by atoms with van der Waals surface area (Å²) in [5.74, 6) is -0.444. The minimum Gasteiger partial charge on any atom is -0.456 e. The monoisotopic (exact) mass is 481 g/mol. The topological polar surface area (TPSA) is 80.3 Å². The van der Waals surface area contributed by atoms with Crippen LogP contribution in [0.2, 0.25) is 0 Å². The number of amides is 1. The first-order valence-electron chi connectivity index (χ1n) is 12.4. The Morgan fingerprint density at radius 2 is 1.75 bits per heavy atom. The van der Waals surface area contributed by atoms with Crippen molar-refractivity contribution in [1.82, 2.24) is 10.3 Å². The molecule has 6 nitrogen and oxygen atoms in total. The van der Waals surface area contributed by atoms with Gasteiger partial charge in [0.2, 0.25) is 0 Å². The van der Waals surface area contributed by atoms with Gasteiger partial charge < -0.3 is 15.4 Å². The number of rotatable bonds is 6. The Balaban J connectivity index is 1.51. The molecule has 0 bridgehead atoms. The minimum atomic E-state index is -0.544. The van der Waals surface area contributed by atoms with E-state index < -0.39 is 5.60 Å². The minimum absolute atomic E-state index is 0.0878. The Hall–Kier alpha value is -3.93. The number of nitrogens with one attached hydrogen (secondary N) is 2. The van der Waals surface area contributed by atoms with E-state index in [1.54, 1.807) is 18.3 Å². The van der Waals surface area contributed by atoms with Gasteiger partial charge >= 0.3 is 5.97 Å². The van der Waals surface area contributed by atoms with Crippen molar-refractivity contribution in [3.63, 3.8) is 0 Å². The number of pyridine rings is 1. The largest absolute Gasteiger partial charge is 0.456 e. The zero-order valence-electron chi connectivity index (χ0n) is 20.9. The van der Waals surface area contributed by atoms with Crippen molar-refractivity contribution < 1.29 is 14.3 Å². The number of carbonyl (C=O) groups excluding carboxylic acids is 2. The van der Waals surface area contributed by atoms with Crippen LogP contribution in [0.15, 0.2) is 73.0 Å². The number of nitrogens with zero attached hydrogens (tertiary/aromatic N) is 1. The molecule has 184 valence electrons. The lowest BCUT2D eigenvalue weighted by Gasteiger charge is -2.21. The van der Waals surface area contributed by atoms with E-state index in [2.05, 4.69) is 33.8 Å². The highest BCUT2D eigenvalue weighted by Crippen LogP contribution is 2.33. The summed E-state index contributed by atoms with van der Waals surface area (Å²) in [6.45, 7) is 5.56. The fourth-order valence-corrected chi connectivity index (χ4v) is 4.20. The van der Waals surface area contributed by atoms with Crippen molar-refractivity contribution in [2.75, 3.05) is 5.32 Å². The Bertz CT molecular complexity index is 1360. The quantitative estimate of drug-likeness (QED) is 0.419. The summed E-state index contributed by atoms with van der Waals surface area (Å²) in [7, 11) is 0. The molecule has 2 N–H and O–H groups in total. The van der Waals surface area contributed by atoms with Crippen LogP contribution < -0.4 is 10.6 Å². The van der Waals surface area contributed by atoms with Crippen molar-refractivity contribution in [3.05, 3.63) is 84.1 Å². The number of ether oxygens (including phenoxy) is 1. The average Bonchev–Trinajstić information content (AvgIpc) is 3.67. The summed E-state index contributed by atoms with van der Waals surface area (Å²) in [6.07, 6.45) is 12.8. The second-order valence-electron chi connectivity index (χ2n) is 10.4. The van der Waals surface area contributed by atoms with Crippen LogP contribution in [0.5, 0.6) is 0 Å². The van der Waals surface area contributed by atoms with Crippen molar-refractivity contribution in [2.24, 2.45) is 0 Å². The van der Waals surface area contributed by atoms with E-state index in [0.717, 1.165) is 47.0 Å². The molecule has 1 amide bonds. The molecule has 5 rings (SSSR count). The van der Waals surface area contributed by atoms with E-state index >= 15 is 0 Å². The molecule has 1 fully saturated rings. The number of anilines is 1. The van der Waals surface area contributed by atoms with Crippen molar-refractivity contribution in [3.8, 4) is 11.1 Å². The molecule has 2 aromatic carbocycles. The number of hydrogen-bond donors (Lipinski definition) is 2. The zero-order chi connectivity index (χ0) is 25.3. The molecule has 0 aliphatic heterocycles. The van der Waals surface area contributed by atoms with E-state index in [4.69, 9.17) is 4.74 Å². The molecule has 36 heavy (non-hydrogen) atoms. The molecule has 1 unspecified atom stereocenters. The summed E-state index contributed by atoms with van der Waals surface area (Å²) in [5, 5.41) is 7.57. The molecule has 1 aromatic heterocycles. The number of aromatic nitrogens is 1. The summed E-state index contributed by atoms with van der Waals surface area (Å²) < 4.78 is 5.48. The normalized spacial score (nSPS) is 17.1. The van der Waals surface area contributed by atoms with Gasteiger partial charge in [-0.2, -0.15) is 0 Å². The predicted molar refractivity (Wildman–Crippen MR) is 143 cm³/mol. The number of carbonyl (C=O) groups is 2. The van der Waals surface area contributed by atoms with Gasteiger partial charge in [-0.1, -0.05) is 42.5 Å². The van der Waals surface area contributed by atoms with Crippen molar-refractivity contribution >= 4 is 28.5 Å². The van der Waals surface area contributed by atoms with E-state index in [1.165, 1.54) is 0 Å². The molecule has 6 heteroatoms. The van der Waals surface area contributed by atoms with E-state index in [1.807, 2.05) is 57.2 Å². The molecule has 1 heterocycles. The lowest BCUT2D eigenvalue weighted by Crippen LogP contribution is -2.28. The summed E-state index contributed by atoms with van der Waals surface area (Å²) in [6, 6.07) is 13.8. The Kier molecular flexibility index (Phi) is 6.35. The standard InChI is InChI=1S/C30H31N3O3/c1-30(2,3)36-29(35)20-11-9-19(10-12-20)21-13-16-26-24(17-21)27(32-22-7-5-4-6-8-22)25(18-31-26)28(34)33-23-14-15-23/h4-7,9-13,16-18,22-23H,8,14-15H2,1-3H3,(H,31,32)(H,33,34). The Labute approximate surface area is 211 Å². The lowest BCUT2D eigenvalue weighted by molar-refractivity contribution is 0.00694. The molecule has 0 spiro atoms. The highest BCUT2D eigenvalue weighted by atomic mass is 16.6. The zero-order valence-corrected chi connectivity index (χ0v) is 20.9. The van der Waals surface area contributed by atoms with Crippen molar-refractivity contribution in [2.45, 2.75) is 57.7 Å². The number of allylic oxidation sites excluding steroid dienone is 2. The third kappa shape index (κ3) is 5.48. The van der Waals surface area contributed by atoms with Gasteiger partial charge in [-0.15, -0.1) is 0 Å². The van der Waals surface area contributed by atoms with Gasteiger partial charge in [0.05, 0.1) is 22.3 Å². The first-order valence-corrected chi connectivity index (χ1v) is 12.4. The third-order valence-corrected chi connectivity index (χ3v) is 6.19. The van der Waals surface area contributed by atoms with Crippen LogP contribution in [0.1, 0.15) is 60.7 Å². The summed E-state index contributed by atoms with van der Waals surface area (Å²) in [5.41, 5.74) is 4.05. The third-order valence-electron chi connectivity index (χ3n) is 6.19. The van der Waals surface area contributed by atoms with Crippen molar-refractivity contribution in [1.29, 1.82) is 0 Å². The van der Waals surface area contributed by atoms with Gasteiger partial charge in [-0.3, -0.25) is 9.78 Å². The van der Waals surface area contributed by atoms with Gasteiger partial charge in [0, 0.05) is 23.7 Å². The predicted octanol–water partition coefficient (Wildman–Crippen LogP) is 6.05. The van der Waals surface area contributed by atoms with Crippen LogP contribution in [0.4, 0.5) is 5.69 Å². The highest BCUT2D eigenvalue weighted by Gasteiger charge is 2.26. The molecule has 1 atom stereocenters. The number of hydrogen-bond acceptors (Lipinski definition) is 5. The van der Waals surface area contributed by atoms with Crippen LogP contribution in [-0.4, -0.2) is 34.5 Å². The van der Waals surface area contributed by atoms with Crippen LogP contribution in [0, 0.1) is 0 Å². The van der Waals surface area contributed by atoms with E-state index in [9.17, 15) is 9.59 Å². The van der Waals surface area contributed by atoms with Crippen LogP contribution in [-0.2, 0) is 4.74 Å². The maximum Gasteiger partial charge on any atom is 0.338 e. The molecule has 3 aromatic rings. The van der Waals surface area contributed by atoms with Crippen LogP contribution >= 0.6 is 0 Å². The Morgan fingerprint density at radius 3 is 2.42 bits per heavy atom. The van der Waals surface area contributed by atoms with Gasteiger partial charge in [-0.25, -0.2) is 4.79 Å². The summed E-state index contributed by atoms with van der Waals surface area (Å²) in [4.78, 5) is 30.1. The number of esters is 1. The molecule has 1 saturated carbocycles. The SMILES string of the molecule is CC(C)(C)OC(=O)c1ccc(-c2ccc3ncc(C(=O)NC4CC4)c(NC4C=CC=CC4)c3c2)cc1. The molecule has 2 aliphatic rings. The highest BCUT2D eigenvalue weighted by molar-refractivity contribution is 6.08. The molecule has 0 saturated heterocycles. The van der Waals surface area contributed by atoms with Gasteiger partial charge in [0.1, 0.15) is 5.60 Å². The van der Waals surface area contributed by atoms with Crippen LogP contribution in [0.3, 0.4) is 0 Å². The first kappa shape index (κ1) is 23.8. The molecule has 0 radical (unpaired) electrons. The fraction of sp³-hybridized carbons (Fsp3) is 0.300. The second kappa shape index (κ2) is 9.61. The van der Waals surface area contributed by atoms with Gasteiger partial charge in [-0.05, 0) is 75.4 Å². The molecular formula is C30H31N3O3. The van der Waals surface area contributed by atoms with Gasteiger partial charge in [0.15, 0.2) is 0 Å². The maximum atomic E-state index is 13.1. The number of benzene rings is 2.